The summed E-state index contributed by atoms with van der Waals surface area (Å²) in [5, 5.41) is 8.05. The van der Waals surface area contributed by atoms with Gasteiger partial charge in [0.1, 0.15) is 8.07 Å². The summed E-state index contributed by atoms with van der Waals surface area (Å²) in [5.74, 6) is 0. The quantitative estimate of drug-likeness (QED) is 0.127. The first kappa shape index (κ1) is 33.2. The van der Waals surface area contributed by atoms with Crippen LogP contribution in [0.1, 0.15) is 22.3 Å². The smallest absolute Gasteiger partial charge is 0.115 e. The van der Waals surface area contributed by atoms with Gasteiger partial charge in [0.2, 0.25) is 0 Å². The van der Waals surface area contributed by atoms with Gasteiger partial charge in [-0.05, 0) is 90.7 Å². The zero-order chi connectivity index (χ0) is 37.4. The van der Waals surface area contributed by atoms with Crippen molar-refractivity contribution >= 4 is 68.8 Å². The van der Waals surface area contributed by atoms with Gasteiger partial charge in [0.15, 0.2) is 0 Å². The largest absolute Gasteiger partial charge is 0.310 e. The van der Waals surface area contributed by atoms with Gasteiger partial charge in [-0.15, -0.1) is 0 Å². The van der Waals surface area contributed by atoms with Crippen LogP contribution in [0.15, 0.2) is 210 Å². The maximum absolute atomic E-state index is 2.53. The number of fused-ring (bicyclic) bond motifs is 9. The monoisotopic (exact) mass is 749 g/mol. The van der Waals surface area contributed by atoms with Gasteiger partial charge >= 0.3 is 0 Å². The molecule has 0 unspecified atom stereocenters. The van der Waals surface area contributed by atoms with E-state index in [0.717, 1.165) is 11.4 Å². The molecule has 1 nitrogen and oxygen atoms in total. The van der Waals surface area contributed by atoms with Crippen molar-refractivity contribution in [3.05, 3.63) is 222 Å². The van der Waals surface area contributed by atoms with Gasteiger partial charge in [-0.3, -0.25) is 0 Å². The van der Waals surface area contributed by atoms with Crippen molar-refractivity contribution in [1.29, 1.82) is 0 Å². The average Bonchev–Trinajstić information content (AvgIpc) is 3.56. The molecule has 0 N–H and O–H groups in total. The van der Waals surface area contributed by atoms with Crippen molar-refractivity contribution in [1.82, 2.24) is 0 Å². The first-order chi connectivity index (χ1) is 27.5. The van der Waals surface area contributed by atoms with Gasteiger partial charge in [0, 0.05) is 32.1 Å². The third-order valence-corrected chi connectivity index (χ3v) is 17.5. The van der Waals surface area contributed by atoms with Gasteiger partial charge < -0.3 is 4.90 Å². The molecule has 9 aromatic rings. The number of nitrogens with zero attached hydrogens (tertiary/aromatic N) is 1. The van der Waals surface area contributed by atoms with E-state index in [1.54, 1.807) is 0 Å². The highest BCUT2D eigenvalue weighted by Gasteiger charge is 2.49. The maximum Gasteiger partial charge on any atom is 0.115 e. The number of hydrogen-bond donors (Lipinski definition) is 0. The van der Waals surface area contributed by atoms with Crippen molar-refractivity contribution in [3.63, 3.8) is 0 Å². The molecule has 0 saturated heterocycles. The number of para-hydroxylation sites is 1. The Bertz CT molecular complexity index is 2930. The third kappa shape index (κ3) is 4.74. The van der Waals surface area contributed by atoms with E-state index in [0.29, 0.717) is 0 Å². The first-order valence-electron chi connectivity index (χ1n) is 19.5. The van der Waals surface area contributed by atoms with Crippen LogP contribution in [0.2, 0.25) is 13.1 Å². The van der Waals surface area contributed by atoms with Crippen molar-refractivity contribution < 1.29 is 0 Å². The van der Waals surface area contributed by atoms with E-state index in [9.17, 15) is 0 Å². The predicted octanol–water partition coefficient (Wildman–Crippen LogP) is 13.1. The molecule has 0 fully saturated rings. The normalized spacial score (nSPS) is 14.5. The van der Waals surface area contributed by atoms with Crippen LogP contribution in [0.25, 0.3) is 32.7 Å². The first-order valence-corrected chi connectivity index (χ1v) is 23.3. The van der Waals surface area contributed by atoms with E-state index in [2.05, 4.69) is 218 Å². The van der Waals surface area contributed by atoms with Crippen molar-refractivity contribution in [2.75, 3.05) is 4.90 Å². The SMILES string of the molecule is C[Si]1(C)c2ccccc2Sc2c1ccc1c2-c2cc(N(c3ccccc3)c3cc4ccccc4c4ccccc34)ccc2C1(c1ccccc1)c1ccccc1. The summed E-state index contributed by atoms with van der Waals surface area (Å²) in [7, 11) is -2.03. The molecule has 9 aromatic carbocycles. The van der Waals surface area contributed by atoms with Crippen LogP contribution in [0.3, 0.4) is 0 Å². The Morgan fingerprint density at radius 3 is 1.79 bits per heavy atom. The molecular weight excluding hydrogens is 711 g/mol. The van der Waals surface area contributed by atoms with Gasteiger partial charge in [-0.2, -0.15) is 0 Å². The molecule has 0 bridgehead atoms. The number of benzene rings is 9. The van der Waals surface area contributed by atoms with Gasteiger partial charge in [0.25, 0.3) is 0 Å². The fourth-order valence-electron chi connectivity index (χ4n) is 9.83. The zero-order valence-corrected chi connectivity index (χ0v) is 33.2. The van der Waals surface area contributed by atoms with Crippen LogP contribution in [0.5, 0.6) is 0 Å². The standard InChI is InChI=1S/C53H39NSSi/c1-56(2)49-29-17-16-28-48(49)55-52-50(56)33-32-46-51(52)44-35-40(30-31-45(44)53(46,37-19-6-3-7-20-37)38-21-8-4-9-22-38)54(39-23-10-5-11-24-39)47-34-36-18-12-13-25-41(36)42-26-14-15-27-43(42)47/h3-35H,1-2H3. The zero-order valence-electron chi connectivity index (χ0n) is 31.4. The van der Waals surface area contributed by atoms with Crippen molar-refractivity contribution in [3.8, 4) is 11.1 Å². The lowest BCUT2D eigenvalue weighted by molar-refractivity contribution is 0.767. The Hall–Kier alpha value is -6.13. The predicted molar refractivity (Wildman–Crippen MR) is 241 cm³/mol. The van der Waals surface area contributed by atoms with Crippen molar-refractivity contribution in [2.24, 2.45) is 0 Å². The summed E-state index contributed by atoms with van der Waals surface area (Å²) in [6.07, 6.45) is 0. The van der Waals surface area contributed by atoms with E-state index >= 15 is 0 Å². The minimum absolute atomic E-state index is 0.489. The molecule has 0 spiro atoms. The van der Waals surface area contributed by atoms with E-state index < -0.39 is 13.5 Å². The molecule has 11 rings (SSSR count). The Kier molecular flexibility index (Phi) is 7.54. The molecule has 1 aliphatic carbocycles. The van der Waals surface area contributed by atoms with E-state index in [1.165, 1.54) is 80.8 Å². The molecule has 0 saturated carbocycles. The van der Waals surface area contributed by atoms with E-state index in [1.807, 2.05) is 11.8 Å². The molecule has 0 atom stereocenters. The minimum atomic E-state index is -2.03. The van der Waals surface area contributed by atoms with Gasteiger partial charge in [0.05, 0.1) is 11.1 Å². The average molecular weight is 750 g/mol. The second-order valence-corrected chi connectivity index (χ2v) is 21.0. The van der Waals surface area contributed by atoms with Gasteiger partial charge in [-0.25, -0.2) is 0 Å². The topological polar surface area (TPSA) is 3.24 Å². The summed E-state index contributed by atoms with van der Waals surface area (Å²) in [6.45, 7) is 5.07. The van der Waals surface area contributed by atoms with Crippen LogP contribution in [-0.4, -0.2) is 8.07 Å². The second kappa shape index (κ2) is 12.7. The molecule has 0 aromatic heterocycles. The minimum Gasteiger partial charge on any atom is -0.310 e. The Morgan fingerprint density at radius 1 is 0.464 bits per heavy atom. The highest BCUT2D eigenvalue weighted by Crippen LogP contribution is 2.60. The number of anilines is 3. The number of hydrogen-bond acceptors (Lipinski definition) is 2. The third-order valence-electron chi connectivity index (χ3n) is 12.4. The molecule has 1 aliphatic heterocycles. The second-order valence-electron chi connectivity index (χ2n) is 15.6. The Labute approximate surface area is 333 Å². The lowest BCUT2D eigenvalue weighted by atomic mass is 9.68. The molecule has 266 valence electrons. The highest BCUT2D eigenvalue weighted by molar-refractivity contribution is 8.00. The van der Waals surface area contributed by atoms with Crippen molar-refractivity contribution in [2.45, 2.75) is 28.3 Å². The maximum atomic E-state index is 2.53. The molecule has 2 aliphatic rings. The fourth-order valence-corrected chi connectivity index (χ4v) is 15.4. The Morgan fingerprint density at radius 2 is 1.05 bits per heavy atom. The number of rotatable bonds is 5. The molecule has 56 heavy (non-hydrogen) atoms. The van der Waals surface area contributed by atoms with E-state index in [-0.39, 0.29) is 0 Å². The van der Waals surface area contributed by atoms with Crippen LogP contribution >= 0.6 is 11.8 Å². The summed E-state index contributed by atoms with van der Waals surface area (Å²) in [5.41, 5.74) is 10.9. The fraction of sp³-hybridized carbons (Fsp3) is 0.0566. The molecule has 0 amide bonds. The van der Waals surface area contributed by atoms with Crippen LogP contribution in [0, 0.1) is 0 Å². The molecule has 0 radical (unpaired) electrons. The molecule has 1 heterocycles. The summed E-state index contributed by atoms with van der Waals surface area (Å²) in [4.78, 5) is 5.30. The lowest BCUT2D eigenvalue weighted by Crippen LogP contribution is -2.56. The molecule has 3 heteroatoms. The van der Waals surface area contributed by atoms with Crippen LogP contribution in [-0.2, 0) is 5.41 Å². The van der Waals surface area contributed by atoms with Crippen LogP contribution < -0.4 is 15.3 Å². The van der Waals surface area contributed by atoms with Gasteiger partial charge in [-0.1, -0.05) is 189 Å². The summed E-state index contributed by atoms with van der Waals surface area (Å²) < 4.78 is 0. The van der Waals surface area contributed by atoms with E-state index in [4.69, 9.17) is 0 Å². The summed E-state index contributed by atoms with van der Waals surface area (Å²) >= 11 is 1.98. The molecular formula is C53H39NSSi. The highest BCUT2D eigenvalue weighted by atomic mass is 32.2. The Balaban J connectivity index is 1.25. The van der Waals surface area contributed by atoms with Crippen LogP contribution in [0.4, 0.5) is 17.1 Å². The summed E-state index contributed by atoms with van der Waals surface area (Å²) in [6, 6.07) is 74.8. The lowest BCUT2D eigenvalue weighted by Gasteiger charge is -2.36.